The average molecular weight is 292 g/mol. The topological polar surface area (TPSA) is 46.3 Å². The highest BCUT2D eigenvalue weighted by Crippen LogP contribution is 2.48. The first-order valence-corrected chi connectivity index (χ1v) is 9.05. The Morgan fingerprint density at radius 1 is 1.19 bits per heavy atom. The molecule has 0 aliphatic heterocycles. The molecule has 0 aromatic carbocycles. The molecular weight excluding hydrogens is 260 g/mol. The van der Waals surface area contributed by atoms with Crippen molar-refractivity contribution in [2.45, 2.75) is 64.3 Å². The Bertz CT molecular complexity index is 383. The second-order valence-electron chi connectivity index (χ2n) is 8.13. The predicted octanol–water partition coefficient (Wildman–Crippen LogP) is 3.03. The lowest BCUT2D eigenvalue weighted by atomic mass is 9.78. The van der Waals surface area contributed by atoms with Crippen molar-refractivity contribution in [2.24, 2.45) is 35.3 Å². The van der Waals surface area contributed by atoms with E-state index in [1.54, 1.807) is 0 Å². The summed E-state index contributed by atoms with van der Waals surface area (Å²) >= 11 is 0. The van der Waals surface area contributed by atoms with Crippen LogP contribution in [0.2, 0.25) is 0 Å². The largest absolute Gasteiger partial charge is 0.345 e. The first-order valence-electron chi connectivity index (χ1n) is 9.05. The third-order valence-corrected chi connectivity index (χ3v) is 6.62. The van der Waals surface area contributed by atoms with Crippen LogP contribution in [0.1, 0.15) is 58.3 Å². The minimum Gasteiger partial charge on any atom is -0.345 e. The number of carbonyl (C=O) groups is 1. The molecule has 6 atom stereocenters. The minimum absolute atomic E-state index is 0.153. The first-order chi connectivity index (χ1) is 10.0. The normalized spacial score (nSPS) is 40.2. The van der Waals surface area contributed by atoms with Gasteiger partial charge in [-0.05, 0) is 62.2 Å². The third-order valence-electron chi connectivity index (χ3n) is 6.62. The molecule has 0 aromatic rings. The second-order valence-corrected chi connectivity index (χ2v) is 8.13. The molecule has 3 nitrogen and oxygen atoms in total. The Labute approximate surface area is 129 Å². The molecule has 0 aromatic heterocycles. The maximum Gasteiger partial charge on any atom is 0.225 e. The molecule has 2 N–H and O–H groups in total. The maximum atomic E-state index is 12.7. The summed E-state index contributed by atoms with van der Waals surface area (Å²) in [5, 5.41) is 0. The van der Waals surface area contributed by atoms with Crippen LogP contribution in [0.4, 0.5) is 0 Å². The van der Waals surface area contributed by atoms with Gasteiger partial charge in [0, 0.05) is 25.6 Å². The molecule has 3 aliphatic rings. The van der Waals surface area contributed by atoms with Crippen LogP contribution in [0.5, 0.6) is 0 Å². The van der Waals surface area contributed by atoms with Crippen molar-refractivity contribution < 1.29 is 4.79 Å². The van der Waals surface area contributed by atoms with E-state index < -0.39 is 0 Å². The van der Waals surface area contributed by atoms with Gasteiger partial charge >= 0.3 is 0 Å². The SMILES string of the molecule is CC(C(=O)N(C)CC1CC2CCC1C2)C1CCCC(N)C1. The van der Waals surface area contributed by atoms with Gasteiger partial charge in [-0.1, -0.05) is 19.8 Å². The fourth-order valence-electron chi connectivity index (χ4n) is 5.31. The molecule has 3 saturated carbocycles. The summed E-state index contributed by atoms with van der Waals surface area (Å²) in [6.45, 7) is 3.12. The zero-order valence-corrected chi connectivity index (χ0v) is 13.8. The zero-order valence-electron chi connectivity index (χ0n) is 13.8. The van der Waals surface area contributed by atoms with E-state index in [2.05, 4.69) is 6.92 Å². The van der Waals surface area contributed by atoms with E-state index in [1.165, 1.54) is 38.5 Å². The summed E-state index contributed by atoms with van der Waals surface area (Å²) < 4.78 is 0. The van der Waals surface area contributed by atoms with Gasteiger partial charge in [0.2, 0.25) is 5.91 Å². The molecule has 2 bridgehead atoms. The van der Waals surface area contributed by atoms with Gasteiger partial charge in [-0.15, -0.1) is 0 Å². The minimum atomic E-state index is 0.153. The van der Waals surface area contributed by atoms with Crippen LogP contribution >= 0.6 is 0 Å². The highest BCUT2D eigenvalue weighted by atomic mass is 16.2. The molecule has 3 rings (SSSR count). The Balaban J connectivity index is 1.51. The van der Waals surface area contributed by atoms with E-state index in [1.807, 2.05) is 11.9 Å². The average Bonchev–Trinajstić information content (AvgIpc) is 3.08. The summed E-state index contributed by atoms with van der Waals surface area (Å²) in [5.74, 6) is 3.67. The summed E-state index contributed by atoms with van der Waals surface area (Å²) in [6.07, 6.45) is 10.2. The summed E-state index contributed by atoms with van der Waals surface area (Å²) in [5.41, 5.74) is 6.09. The van der Waals surface area contributed by atoms with Crippen molar-refractivity contribution in [1.29, 1.82) is 0 Å². The highest BCUT2D eigenvalue weighted by molar-refractivity contribution is 5.78. The maximum absolute atomic E-state index is 12.7. The van der Waals surface area contributed by atoms with Crippen molar-refractivity contribution in [1.82, 2.24) is 4.90 Å². The zero-order chi connectivity index (χ0) is 15.0. The molecule has 0 spiro atoms. The molecular formula is C18H32N2O. The Morgan fingerprint density at radius 2 is 2.00 bits per heavy atom. The van der Waals surface area contributed by atoms with Gasteiger partial charge < -0.3 is 10.6 Å². The van der Waals surface area contributed by atoms with Crippen LogP contribution in [0.25, 0.3) is 0 Å². The van der Waals surface area contributed by atoms with Crippen LogP contribution < -0.4 is 5.73 Å². The molecule has 21 heavy (non-hydrogen) atoms. The van der Waals surface area contributed by atoms with Crippen molar-refractivity contribution in [3.05, 3.63) is 0 Å². The molecule has 0 radical (unpaired) electrons. The van der Waals surface area contributed by atoms with Crippen molar-refractivity contribution in [3.8, 4) is 0 Å². The van der Waals surface area contributed by atoms with Crippen LogP contribution in [0.15, 0.2) is 0 Å². The molecule has 0 heterocycles. The fourth-order valence-corrected chi connectivity index (χ4v) is 5.31. The number of nitrogens with zero attached hydrogens (tertiary/aromatic N) is 1. The summed E-state index contributed by atoms with van der Waals surface area (Å²) in [6, 6.07) is 0.315. The van der Waals surface area contributed by atoms with E-state index in [4.69, 9.17) is 5.73 Å². The molecule has 3 aliphatic carbocycles. The van der Waals surface area contributed by atoms with Gasteiger partial charge in [0.1, 0.15) is 0 Å². The number of rotatable bonds is 4. The van der Waals surface area contributed by atoms with Gasteiger partial charge in [-0.2, -0.15) is 0 Å². The number of hydrogen-bond acceptors (Lipinski definition) is 2. The van der Waals surface area contributed by atoms with Gasteiger partial charge in [-0.3, -0.25) is 4.79 Å². The highest BCUT2D eigenvalue weighted by Gasteiger charge is 2.40. The Kier molecular flexibility index (Phi) is 4.58. The predicted molar refractivity (Wildman–Crippen MR) is 85.7 cm³/mol. The third kappa shape index (κ3) is 3.28. The van der Waals surface area contributed by atoms with E-state index in [-0.39, 0.29) is 5.92 Å². The summed E-state index contributed by atoms with van der Waals surface area (Å²) in [7, 11) is 2.02. The van der Waals surface area contributed by atoms with E-state index in [0.717, 1.165) is 37.1 Å². The molecule has 3 heteroatoms. The van der Waals surface area contributed by atoms with Crippen LogP contribution in [-0.4, -0.2) is 30.4 Å². The molecule has 1 amide bonds. The van der Waals surface area contributed by atoms with Crippen LogP contribution in [-0.2, 0) is 4.79 Å². The van der Waals surface area contributed by atoms with Gasteiger partial charge in [0.25, 0.3) is 0 Å². The molecule has 3 fully saturated rings. The first kappa shape index (κ1) is 15.3. The molecule has 0 saturated heterocycles. The standard InChI is InChI=1S/C18H32N2O/c1-12(14-4-3-5-17(19)10-14)18(21)20(2)11-16-9-13-6-7-15(16)8-13/h12-17H,3-11,19H2,1-2H3. The van der Waals surface area contributed by atoms with E-state index >= 15 is 0 Å². The van der Waals surface area contributed by atoms with Gasteiger partial charge in [0.15, 0.2) is 0 Å². The lowest BCUT2D eigenvalue weighted by molar-refractivity contribution is -0.136. The van der Waals surface area contributed by atoms with Crippen molar-refractivity contribution in [2.75, 3.05) is 13.6 Å². The number of hydrogen-bond donors (Lipinski definition) is 1. The lowest BCUT2D eigenvalue weighted by Crippen LogP contribution is -2.41. The lowest BCUT2D eigenvalue weighted by Gasteiger charge is -2.34. The molecule has 120 valence electrons. The van der Waals surface area contributed by atoms with Crippen LogP contribution in [0, 0.1) is 29.6 Å². The molecule has 6 unspecified atom stereocenters. The number of carbonyl (C=O) groups excluding carboxylic acids is 1. The van der Waals surface area contributed by atoms with Crippen molar-refractivity contribution >= 4 is 5.91 Å². The second kappa shape index (κ2) is 6.28. The Morgan fingerprint density at radius 3 is 2.62 bits per heavy atom. The smallest absolute Gasteiger partial charge is 0.225 e. The van der Waals surface area contributed by atoms with Crippen molar-refractivity contribution in [3.63, 3.8) is 0 Å². The van der Waals surface area contributed by atoms with E-state index in [0.29, 0.717) is 17.9 Å². The quantitative estimate of drug-likeness (QED) is 0.865. The Hall–Kier alpha value is -0.570. The number of fused-ring (bicyclic) bond motifs is 2. The number of nitrogens with two attached hydrogens (primary N) is 1. The fraction of sp³-hybridized carbons (Fsp3) is 0.944. The summed E-state index contributed by atoms with van der Waals surface area (Å²) in [4.78, 5) is 14.8. The monoisotopic (exact) mass is 292 g/mol. The van der Waals surface area contributed by atoms with Crippen LogP contribution in [0.3, 0.4) is 0 Å². The van der Waals surface area contributed by atoms with E-state index in [9.17, 15) is 4.79 Å². The van der Waals surface area contributed by atoms with Gasteiger partial charge in [0.05, 0.1) is 0 Å². The number of amides is 1. The van der Waals surface area contributed by atoms with Gasteiger partial charge in [-0.25, -0.2) is 0 Å².